The van der Waals surface area contributed by atoms with Crippen LogP contribution in [0.5, 0.6) is 5.75 Å². The molecule has 2 heterocycles. The minimum atomic E-state index is 0.233. The topological polar surface area (TPSA) is 54.1 Å². The fraction of sp³-hybridized carbons (Fsp3) is 0.438. The largest absolute Gasteiger partial charge is 0.497 e. The van der Waals surface area contributed by atoms with Crippen molar-refractivity contribution in [3.63, 3.8) is 0 Å². The predicted molar refractivity (Wildman–Crippen MR) is 79.4 cm³/mol. The van der Waals surface area contributed by atoms with Gasteiger partial charge < -0.3 is 15.0 Å². The first-order chi connectivity index (χ1) is 9.78. The molecule has 0 spiro atoms. The SMILES string of the molecule is COc1ccc2[nH]cc(C(=O)CC3CCNCC3)c2c1. The normalized spacial score (nSPS) is 16.4. The van der Waals surface area contributed by atoms with Crippen molar-refractivity contribution in [2.75, 3.05) is 20.2 Å². The molecule has 0 aliphatic carbocycles. The quantitative estimate of drug-likeness (QED) is 0.841. The number of ketones is 1. The second kappa shape index (κ2) is 5.67. The van der Waals surface area contributed by atoms with E-state index in [2.05, 4.69) is 10.3 Å². The van der Waals surface area contributed by atoms with Gasteiger partial charge in [0.1, 0.15) is 5.75 Å². The summed E-state index contributed by atoms with van der Waals surface area (Å²) in [6, 6.07) is 5.79. The Hall–Kier alpha value is -1.81. The number of fused-ring (bicyclic) bond motifs is 1. The number of hydrogen-bond donors (Lipinski definition) is 2. The summed E-state index contributed by atoms with van der Waals surface area (Å²) in [5, 5.41) is 4.29. The van der Waals surface area contributed by atoms with Crippen LogP contribution in [-0.2, 0) is 0 Å². The molecule has 0 bridgehead atoms. The number of carbonyl (C=O) groups excluding carboxylic acids is 1. The summed E-state index contributed by atoms with van der Waals surface area (Å²) in [6.07, 6.45) is 4.66. The summed E-state index contributed by atoms with van der Waals surface area (Å²) in [7, 11) is 1.64. The first-order valence-electron chi connectivity index (χ1n) is 7.17. The second-order valence-electron chi connectivity index (χ2n) is 5.43. The lowest BCUT2D eigenvalue weighted by Gasteiger charge is -2.21. The van der Waals surface area contributed by atoms with Gasteiger partial charge in [-0.3, -0.25) is 4.79 Å². The molecule has 2 N–H and O–H groups in total. The molecule has 1 aliphatic heterocycles. The molecule has 4 heteroatoms. The van der Waals surface area contributed by atoms with Crippen molar-refractivity contribution in [2.24, 2.45) is 5.92 Å². The van der Waals surface area contributed by atoms with Gasteiger partial charge in [-0.05, 0) is 50.0 Å². The number of ether oxygens (including phenoxy) is 1. The number of piperidine rings is 1. The van der Waals surface area contributed by atoms with Crippen molar-refractivity contribution < 1.29 is 9.53 Å². The van der Waals surface area contributed by atoms with Crippen LogP contribution >= 0.6 is 0 Å². The summed E-state index contributed by atoms with van der Waals surface area (Å²) in [6.45, 7) is 2.05. The molecule has 1 saturated heterocycles. The third-order valence-corrected chi connectivity index (χ3v) is 4.12. The summed E-state index contributed by atoms with van der Waals surface area (Å²) in [5.74, 6) is 1.53. The highest BCUT2D eigenvalue weighted by Crippen LogP contribution is 2.26. The van der Waals surface area contributed by atoms with Gasteiger partial charge in [0.2, 0.25) is 0 Å². The number of hydrogen-bond acceptors (Lipinski definition) is 3. The van der Waals surface area contributed by atoms with Gasteiger partial charge in [0, 0.05) is 29.1 Å². The maximum absolute atomic E-state index is 12.5. The van der Waals surface area contributed by atoms with Crippen LogP contribution in [-0.4, -0.2) is 31.0 Å². The Balaban J connectivity index is 1.83. The van der Waals surface area contributed by atoms with E-state index in [9.17, 15) is 4.79 Å². The lowest BCUT2D eigenvalue weighted by molar-refractivity contribution is 0.0954. The molecule has 0 unspecified atom stereocenters. The van der Waals surface area contributed by atoms with Crippen molar-refractivity contribution >= 4 is 16.7 Å². The second-order valence-corrected chi connectivity index (χ2v) is 5.43. The molecule has 0 amide bonds. The van der Waals surface area contributed by atoms with Crippen molar-refractivity contribution in [3.05, 3.63) is 30.0 Å². The zero-order valence-corrected chi connectivity index (χ0v) is 11.7. The lowest BCUT2D eigenvalue weighted by Crippen LogP contribution is -2.28. The number of nitrogens with one attached hydrogen (secondary N) is 2. The Bertz CT molecular complexity index is 612. The minimum absolute atomic E-state index is 0.233. The monoisotopic (exact) mass is 272 g/mol. The number of Topliss-reactive ketones (excluding diaryl/α,β-unsaturated/α-hetero) is 1. The van der Waals surface area contributed by atoms with Crippen molar-refractivity contribution in [1.82, 2.24) is 10.3 Å². The number of aromatic amines is 1. The predicted octanol–water partition coefficient (Wildman–Crippen LogP) is 2.75. The number of rotatable bonds is 4. The summed E-state index contributed by atoms with van der Waals surface area (Å²) in [4.78, 5) is 15.7. The molecule has 4 nitrogen and oxygen atoms in total. The highest BCUT2D eigenvalue weighted by Gasteiger charge is 2.20. The molecule has 1 fully saturated rings. The standard InChI is InChI=1S/C16H20N2O2/c1-20-12-2-3-15-13(9-12)14(10-18-15)16(19)8-11-4-6-17-7-5-11/h2-3,9-11,17-18H,4-8H2,1H3. The van der Waals surface area contributed by atoms with Crippen LogP contribution in [0.15, 0.2) is 24.4 Å². The number of benzene rings is 1. The molecule has 20 heavy (non-hydrogen) atoms. The van der Waals surface area contributed by atoms with Crippen molar-refractivity contribution in [3.8, 4) is 5.75 Å². The summed E-state index contributed by atoms with van der Waals surface area (Å²) in [5.41, 5.74) is 1.77. The van der Waals surface area contributed by atoms with E-state index in [0.717, 1.165) is 48.1 Å². The smallest absolute Gasteiger partial charge is 0.165 e. The van der Waals surface area contributed by atoms with E-state index >= 15 is 0 Å². The Morgan fingerprint density at radius 3 is 2.90 bits per heavy atom. The van der Waals surface area contributed by atoms with E-state index < -0.39 is 0 Å². The van der Waals surface area contributed by atoms with E-state index in [1.54, 1.807) is 7.11 Å². The van der Waals surface area contributed by atoms with Gasteiger partial charge in [-0.1, -0.05) is 0 Å². The number of carbonyl (C=O) groups is 1. The Kier molecular flexibility index (Phi) is 3.74. The molecule has 2 aromatic rings. The van der Waals surface area contributed by atoms with Gasteiger partial charge in [-0.15, -0.1) is 0 Å². The molecule has 1 aromatic heterocycles. The molecule has 0 radical (unpaired) electrons. The molecule has 1 aromatic carbocycles. The van der Waals surface area contributed by atoms with Crippen LogP contribution in [0.2, 0.25) is 0 Å². The van der Waals surface area contributed by atoms with Gasteiger partial charge in [0.15, 0.2) is 5.78 Å². The molecular weight excluding hydrogens is 252 g/mol. The average Bonchev–Trinajstić information content (AvgIpc) is 2.91. The fourth-order valence-corrected chi connectivity index (χ4v) is 2.92. The molecule has 0 saturated carbocycles. The summed E-state index contributed by atoms with van der Waals surface area (Å²) < 4.78 is 5.24. The van der Waals surface area contributed by atoms with Crippen LogP contribution < -0.4 is 10.1 Å². The van der Waals surface area contributed by atoms with E-state index in [0.29, 0.717) is 12.3 Å². The molecule has 3 rings (SSSR count). The molecule has 106 valence electrons. The van der Waals surface area contributed by atoms with Gasteiger partial charge in [0.25, 0.3) is 0 Å². The summed E-state index contributed by atoms with van der Waals surface area (Å²) >= 11 is 0. The molecular formula is C16H20N2O2. The third-order valence-electron chi connectivity index (χ3n) is 4.12. The van der Waals surface area contributed by atoms with Gasteiger partial charge in [0.05, 0.1) is 7.11 Å². The Morgan fingerprint density at radius 1 is 1.35 bits per heavy atom. The number of methoxy groups -OCH3 is 1. The van der Waals surface area contributed by atoms with E-state index in [-0.39, 0.29) is 5.78 Å². The minimum Gasteiger partial charge on any atom is -0.497 e. The molecule has 1 aliphatic rings. The maximum atomic E-state index is 12.5. The molecule has 0 atom stereocenters. The first kappa shape index (κ1) is 13.2. The van der Waals surface area contributed by atoms with Crippen LogP contribution in [0.3, 0.4) is 0 Å². The van der Waals surface area contributed by atoms with E-state index in [4.69, 9.17) is 4.74 Å². The third kappa shape index (κ3) is 2.56. The van der Waals surface area contributed by atoms with Crippen molar-refractivity contribution in [2.45, 2.75) is 19.3 Å². The maximum Gasteiger partial charge on any atom is 0.165 e. The van der Waals surface area contributed by atoms with Crippen LogP contribution in [0, 0.1) is 5.92 Å². The Morgan fingerprint density at radius 2 is 2.15 bits per heavy atom. The lowest BCUT2D eigenvalue weighted by atomic mass is 9.90. The zero-order chi connectivity index (χ0) is 13.9. The zero-order valence-electron chi connectivity index (χ0n) is 11.7. The first-order valence-corrected chi connectivity index (χ1v) is 7.17. The van der Waals surface area contributed by atoms with Crippen LogP contribution in [0.25, 0.3) is 10.9 Å². The van der Waals surface area contributed by atoms with E-state index in [1.807, 2.05) is 24.4 Å². The number of aromatic nitrogens is 1. The average molecular weight is 272 g/mol. The van der Waals surface area contributed by atoms with Gasteiger partial charge in [-0.25, -0.2) is 0 Å². The number of H-pyrrole nitrogens is 1. The van der Waals surface area contributed by atoms with Crippen LogP contribution in [0.1, 0.15) is 29.6 Å². The highest BCUT2D eigenvalue weighted by atomic mass is 16.5. The fourth-order valence-electron chi connectivity index (χ4n) is 2.92. The van der Waals surface area contributed by atoms with Crippen LogP contribution in [0.4, 0.5) is 0 Å². The Labute approximate surface area is 118 Å². The van der Waals surface area contributed by atoms with Gasteiger partial charge in [-0.2, -0.15) is 0 Å². The van der Waals surface area contributed by atoms with Crippen molar-refractivity contribution in [1.29, 1.82) is 0 Å². The van der Waals surface area contributed by atoms with E-state index in [1.165, 1.54) is 0 Å². The van der Waals surface area contributed by atoms with Gasteiger partial charge >= 0.3 is 0 Å². The highest BCUT2D eigenvalue weighted by molar-refractivity contribution is 6.08.